The highest BCUT2D eigenvalue weighted by Crippen LogP contribution is 2.35. The fourth-order valence-electron chi connectivity index (χ4n) is 2.90. The smallest absolute Gasteiger partial charge is 0.0871 e. The number of likely N-dealkylation sites (tertiary alicyclic amines) is 1. The first-order valence-corrected chi connectivity index (χ1v) is 7.04. The van der Waals surface area contributed by atoms with Gasteiger partial charge in [-0.25, -0.2) is 0 Å². The zero-order valence-electron chi connectivity index (χ0n) is 12.5. The molecule has 3 nitrogen and oxygen atoms in total. The highest BCUT2D eigenvalue weighted by Gasteiger charge is 2.30. The molecule has 0 saturated carbocycles. The average molecular weight is 262 g/mol. The molecule has 1 aliphatic heterocycles. The van der Waals surface area contributed by atoms with Crippen LogP contribution in [-0.2, 0) is 10.3 Å². The number of nitrogens with zero attached hydrogens (tertiary/aromatic N) is 1. The first kappa shape index (κ1) is 14.5. The molecule has 2 atom stereocenters. The lowest BCUT2D eigenvalue weighted by Gasteiger charge is -2.26. The summed E-state index contributed by atoms with van der Waals surface area (Å²) in [4.78, 5) is 2.41. The second-order valence-electron chi connectivity index (χ2n) is 6.13. The maximum absolute atomic E-state index is 5.81. The van der Waals surface area contributed by atoms with Gasteiger partial charge in [-0.05, 0) is 50.9 Å². The van der Waals surface area contributed by atoms with Crippen LogP contribution in [-0.4, -0.2) is 32.1 Å². The lowest BCUT2D eigenvalue weighted by Crippen LogP contribution is -2.22. The third kappa shape index (κ3) is 2.99. The van der Waals surface area contributed by atoms with E-state index in [1.165, 1.54) is 11.1 Å². The molecule has 19 heavy (non-hydrogen) atoms. The van der Waals surface area contributed by atoms with Gasteiger partial charge in [0.25, 0.3) is 0 Å². The van der Waals surface area contributed by atoms with Crippen LogP contribution in [0, 0.1) is 5.92 Å². The molecule has 1 aliphatic rings. The minimum atomic E-state index is -0.236. The molecule has 0 aliphatic carbocycles. The first-order valence-electron chi connectivity index (χ1n) is 7.04. The topological polar surface area (TPSA) is 38.5 Å². The monoisotopic (exact) mass is 262 g/mol. The highest BCUT2D eigenvalue weighted by molar-refractivity contribution is 5.30. The predicted octanol–water partition coefficient (Wildman–Crippen LogP) is 2.52. The molecule has 106 valence electrons. The Kier molecular flexibility index (Phi) is 4.29. The Bertz CT molecular complexity index is 431. The van der Waals surface area contributed by atoms with Crippen molar-refractivity contribution in [1.29, 1.82) is 0 Å². The number of ether oxygens (including phenoxy) is 1. The maximum atomic E-state index is 5.81. The summed E-state index contributed by atoms with van der Waals surface area (Å²) in [6, 6.07) is 9.26. The second-order valence-corrected chi connectivity index (χ2v) is 6.13. The highest BCUT2D eigenvalue weighted by atomic mass is 16.5. The molecule has 3 heteroatoms. The van der Waals surface area contributed by atoms with Crippen molar-refractivity contribution in [2.75, 3.05) is 27.2 Å². The SMILES string of the molecule is COC(C)(C)c1cccc(C2CC(CN)CN2C)c1. The van der Waals surface area contributed by atoms with Crippen LogP contribution in [0.25, 0.3) is 0 Å². The van der Waals surface area contributed by atoms with Crippen molar-refractivity contribution < 1.29 is 4.74 Å². The molecule has 1 aromatic carbocycles. The van der Waals surface area contributed by atoms with Gasteiger partial charge in [-0.1, -0.05) is 24.3 Å². The molecule has 0 radical (unpaired) electrons. The fraction of sp³-hybridized carbons (Fsp3) is 0.625. The van der Waals surface area contributed by atoms with E-state index in [1.54, 1.807) is 7.11 Å². The molecule has 0 spiro atoms. The molecule has 2 rings (SSSR count). The lowest BCUT2D eigenvalue weighted by molar-refractivity contribution is 0.0191. The van der Waals surface area contributed by atoms with E-state index in [0.717, 1.165) is 19.5 Å². The molecular formula is C16H26N2O. The van der Waals surface area contributed by atoms with Crippen molar-refractivity contribution in [1.82, 2.24) is 4.90 Å². The zero-order chi connectivity index (χ0) is 14.0. The Hall–Kier alpha value is -0.900. The van der Waals surface area contributed by atoms with Crippen LogP contribution >= 0.6 is 0 Å². The molecule has 2 unspecified atom stereocenters. The largest absolute Gasteiger partial charge is 0.374 e. The van der Waals surface area contributed by atoms with E-state index in [4.69, 9.17) is 10.5 Å². The van der Waals surface area contributed by atoms with E-state index in [2.05, 4.69) is 50.1 Å². The minimum Gasteiger partial charge on any atom is -0.374 e. The molecule has 1 aromatic rings. The van der Waals surface area contributed by atoms with E-state index in [9.17, 15) is 0 Å². The second kappa shape index (κ2) is 5.61. The fourth-order valence-corrected chi connectivity index (χ4v) is 2.90. The Morgan fingerprint density at radius 3 is 2.74 bits per heavy atom. The Morgan fingerprint density at radius 2 is 2.16 bits per heavy atom. The number of methoxy groups -OCH3 is 1. The van der Waals surface area contributed by atoms with Crippen molar-refractivity contribution in [3.05, 3.63) is 35.4 Å². The predicted molar refractivity (Wildman–Crippen MR) is 79.0 cm³/mol. The van der Waals surface area contributed by atoms with Gasteiger partial charge in [0, 0.05) is 19.7 Å². The third-order valence-electron chi connectivity index (χ3n) is 4.45. The molecular weight excluding hydrogens is 236 g/mol. The van der Waals surface area contributed by atoms with Crippen LogP contribution < -0.4 is 5.73 Å². The summed E-state index contributed by atoms with van der Waals surface area (Å²) >= 11 is 0. The van der Waals surface area contributed by atoms with Gasteiger partial charge in [0.05, 0.1) is 5.60 Å². The van der Waals surface area contributed by atoms with Crippen LogP contribution in [0.15, 0.2) is 24.3 Å². The Balaban J connectivity index is 2.24. The van der Waals surface area contributed by atoms with Gasteiger partial charge in [0.15, 0.2) is 0 Å². The summed E-state index contributed by atoms with van der Waals surface area (Å²) in [6.07, 6.45) is 1.16. The van der Waals surface area contributed by atoms with E-state index < -0.39 is 0 Å². The molecule has 0 aromatic heterocycles. The zero-order valence-corrected chi connectivity index (χ0v) is 12.5. The standard InChI is InChI=1S/C16H26N2O/c1-16(2,19-4)14-7-5-6-13(9-14)15-8-12(10-17)11-18(15)3/h5-7,9,12,15H,8,10-11,17H2,1-4H3. The van der Waals surface area contributed by atoms with Crippen LogP contribution in [0.5, 0.6) is 0 Å². The number of rotatable bonds is 4. The van der Waals surface area contributed by atoms with E-state index in [0.29, 0.717) is 12.0 Å². The van der Waals surface area contributed by atoms with Crippen LogP contribution in [0.4, 0.5) is 0 Å². The molecule has 2 N–H and O–H groups in total. The van der Waals surface area contributed by atoms with Crippen molar-refractivity contribution in [3.8, 4) is 0 Å². The summed E-state index contributed by atoms with van der Waals surface area (Å²) in [5, 5.41) is 0. The van der Waals surface area contributed by atoms with Gasteiger partial charge in [-0.3, -0.25) is 4.90 Å². The van der Waals surface area contributed by atoms with Crippen LogP contribution in [0.1, 0.15) is 37.4 Å². The van der Waals surface area contributed by atoms with Crippen LogP contribution in [0.3, 0.4) is 0 Å². The molecule has 0 amide bonds. The van der Waals surface area contributed by atoms with Gasteiger partial charge in [-0.2, -0.15) is 0 Å². The van der Waals surface area contributed by atoms with Crippen molar-refractivity contribution >= 4 is 0 Å². The first-order chi connectivity index (χ1) is 8.97. The van der Waals surface area contributed by atoms with Crippen molar-refractivity contribution in [3.63, 3.8) is 0 Å². The Morgan fingerprint density at radius 1 is 1.42 bits per heavy atom. The minimum absolute atomic E-state index is 0.236. The van der Waals surface area contributed by atoms with Gasteiger partial charge in [-0.15, -0.1) is 0 Å². The van der Waals surface area contributed by atoms with Crippen LogP contribution in [0.2, 0.25) is 0 Å². The molecule has 1 heterocycles. The number of hydrogen-bond donors (Lipinski definition) is 1. The maximum Gasteiger partial charge on any atom is 0.0871 e. The quantitative estimate of drug-likeness (QED) is 0.906. The lowest BCUT2D eigenvalue weighted by atomic mass is 9.92. The van der Waals surface area contributed by atoms with Gasteiger partial charge in [0.2, 0.25) is 0 Å². The normalized spacial score (nSPS) is 24.9. The van der Waals surface area contributed by atoms with Crippen molar-refractivity contribution in [2.24, 2.45) is 11.7 Å². The molecule has 1 saturated heterocycles. The van der Waals surface area contributed by atoms with E-state index in [1.807, 2.05) is 0 Å². The average Bonchev–Trinajstić information content (AvgIpc) is 2.80. The number of benzene rings is 1. The summed E-state index contributed by atoms with van der Waals surface area (Å²) in [5.74, 6) is 0.620. The van der Waals surface area contributed by atoms with E-state index >= 15 is 0 Å². The number of nitrogens with two attached hydrogens (primary N) is 1. The Labute approximate surface area is 116 Å². The van der Waals surface area contributed by atoms with Gasteiger partial charge >= 0.3 is 0 Å². The van der Waals surface area contributed by atoms with Gasteiger partial charge in [0.1, 0.15) is 0 Å². The summed E-state index contributed by atoms with van der Waals surface area (Å²) in [7, 11) is 3.95. The van der Waals surface area contributed by atoms with Gasteiger partial charge < -0.3 is 10.5 Å². The number of hydrogen-bond acceptors (Lipinski definition) is 3. The molecule has 1 fully saturated rings. The van der Waals surface area contributed by atoms with Crippen molar-refractivity contribution in [2.45, 2.75) is 31.9 Å². The molecule has 0 bridgehead atoms. The third-order valence-corrected chi connectivity index (χ3v) is 4.45. The summed E-state index contributed by atoms with van der Waals surface area (Å²) in [6.45, 7) is 6.09. The summed E-state index contributed by atoms with van der Waals surface area (Å²) < 4.78 is 5.58. The van der Waals surface area contributed by atoms with E-state index in [-0.39, 0.29) is 5.60 Å². The summed E-state index contributed by atoms with van der Waals surface area (Å²) in [5.41, 5.74) is 8.18.